The lowest BCUT2D eigenvalue weighted by molar-refractivity contribution is -0.175. The molecule has 0 radical (unpaired) electrons. The van der Waals surface area contributed by atoms with E-state index < -0.39 is 11.8 Å². The molecule has 112 valence electrons. The molecule has 0 aromatic rings. The second-order valence-corrected chi connectivity index (χ2v) is 4.97. The zero-order valence-corrected chi connectivity index (χ0v) is 12.4. The molecule has 0 heterocycles. The first-order chi connectivity index (χ1) is 8.85. The number of hydrogen-bond acceptors (Lipinski definition) is 5. The van der Waals surface area contributed by atoms with Crippen molar-refractivity contribution in [3.05, 3.63) is 10.4 Å². The molecule has 19 heavy (non-hydrogen) atoms. The van der Waals surface area contributed by atoms with Crippen LogP contribution < -0.4 is 0 Å². The molecule has 1 N–H and O–H groups in total. The highest BCUT2D eigenvalue weighted by atomic mass is 16.6. The fourth-order valence-electron chi connectivity index (χ4n) is 1.28. The van der Waals surface area contributed by atoms with Gasteiger partial charge in [-0.1, -0.05) is 5.11 Å². The number of ether oxygens (including phenoxy) is 3. The summed E-state index contributed by atoms with van der Waals surface area (Å²) in [6, 6.07) is 0. The second kappa shape index (κ2) is 9.12. The van der Waals surface area contributed by atoms with E-state index >= 15 is 0 Å². The topological polar surface area (TPSA) is 96.7 Å². The van der Waals surface area contributed by atoms with E-state index in [0.29, 0.717) is 0 Å². The minimum absolute atomic E-state index is 0.0275. The lowest BCUT2D eigenvalue weighted by atomic mass is 10.2. The van der Waals surface area contributed by atoms with Gasteiger partial charge >= 0.3 is 0 Å². The maximum Gasteiger partial charge on any atom is 0.193 e. The van der Waals surface area contributed by atoms with E-state index in [0.717, 1.165) is 0 Å². The van der Waals surface area contributed by atoms with Crippen molar-refractivity contribution in [3.8, 4) is 0 Å². The smallest absolute Gasteiger partial charge is 0.193 e. The molecular weight excluding hydrogens is 250 g/mol. The Balaban J connectivity index is 4.91. The molecule has 0 aromatic carbocycles. The quantitative estimate of drug-likeness (QED) is 0.375. The van der Waals surface area contributed by atoms with Crippen LogP contribution in [0.15, 0.2) is 5.11 Å². The Morgan fingerprint density at radius 1 is 1.11 bits per heavy atom. The molecule has 0 saturated heterocycles. The zero-order chi connectivity index (χ0) is 14.9. The monoisotopic (exact) mass is 275 g/mol. The summed E-state index contributed by atoms with van der Waals surface area (Å²) in [5, 5.41) is 12.8. The molecule has 0 spiro atoms. The Kier molecular flexibility index (Phi) is 8.71. The van der Waals surface area contributed by atoms with Crippen LogP contribution in [0.4, 0.5) is 0 Å². The molecule has 0 bridgehead atoms. The highest BCUT2D eigenvalue weighted by Gasteiger charge is 2.34. The Morgan fingerprint density at radius 2 is 1.58 bits per heavy atom. The van der Waals surface area contributed by atoms with Gasteiger partial charge in [-0.25, -0.2) is 0 Å². The van der Waals surface area contributed by atoms with Crippen LogP contribution in [0, 0.1) is 0 Å². The molecule has 1 atom stereocenters. The number of aliphatic hydroxyl groups excluding tert-OH is 1. The van der Waals surface area contributed by atoms with Gasteiger partial charge in [0, 0.05) is 4.91 Å². The molecule has 0 amide bonds. The SMILES string of the molecule is CC(C)OCC(COC(C)C)(N=[N+]=[N-])O[C@@H](C)CO. The van der Waals surface area contributed by atoms with Crippen molar-refractivity contribution in [2.45, 2.75) is 58.7 Å². The van der Waals surface area contributed by atoms with Crippen molar-refractivity contribution in [2.75, 3.05) is 19.8 Å². The Morgan fingerprint density at radius 3 is 1.89 bits per heavy atom. The summed E-state index contributed by atoms with van der Waals surface area (Å²) in [6.07, 6.45) is -0.530. The predicted molar refractivity (Wildman–Crippen MR) is 71.7 cm³/mol. The van der Waals surface area contributed by atoms with Gasteiger partial charge in [0.2, 0.25) is 0 Å². The number of azide groups is 1. The van der Waals surface area contributed by atoms with Crippen LogP contribution in [-0.4, -0.2) is 49.0 Å². The summed E-state index contributed by atoms with van der Waals surface area (Å²) < 4.78 is 16.6. The van der Waals surface area contributed by atoms with Crippen LogP contribution in [-0.2, 0) is 14.2 Å². The lowest BCUT2D eigenvalue weighted by Crippen LogP contribution is -2.45. The van der Waals surface area contributed by atoms with Crippen LogP contribution in [0.25, 0.3) is 10.4 Å². The predicted octanol–water partition coefficient (Wildman–Crippen LogP) is 2.24. The average molecular weight is 275 g/mol. The Hall–Kier alpha value is -0.850. The minimum Gasteiger partial charge on any atom is -0.394 e. The maximum atomic E-state index is 9.08. The molecule has 7 nitrogen and oxygen atoms in total. The fraction of sp³-hybridized carbons (Fsp3) is 1.00. The third kappa shape index (κ3) is 8.02. The van der Waals surface area contributed by atoms with Crippen LogP contribution in [0.1, 0.15) is 34.6 Å². The largest absolute Gasteiger partial charge is 0.394 e. The number of hydrogen-bond donors (Lipinski definition) is 1. The highest BCUT2D eigenvalue weighted by Crippen LogP contribution is 2.19. The van der Waals surface area contributed by atoms with Gasteiger partial charge in [0.05, 0.1) is 38.1 Å². The van der Waals surface area contributed by atoms with Crippen molar-refractivity contribution in [3.63, 3.8) is 0 Å². The summed E-state index contributed by atoms with van der Waals surface area (Å²) in [4.78, 5) is 2.81. The normalized spacial score (nSPS) is 13.7. The summed E-state index contributed by atoms with van der Waals surface area (Å²) in [5.74, 6) is 0. The summed E-state index contributed by atoms with van der Waals surface area (Å²) in [6.45, 7) is 9.16. The van der Waals surface area contributed by atoms with E-state index in [2.05, 4.69) is 10.0 Å². The molecule has 0 aliphatic rings. The summed E-state index contributed by atoms with van der Waals surface area (Å²) in [5.41, 5.74) is 7.46. The number of aliphatic hydroxyl groups is 1. The van der Waals surface area contributed by atoms with E-state index in [9.17, 15) is 0 Å². The summed E-state index contributed by atoms with van der Waals surface area (Å²) in [7, 11) is 0. The van der Waals surface area contributed by atoms with E-state index in [1.807, 2.05) is 27.7 Å². The van der Waals surface area contributed by atoms with Gasteiger partial charge in [-0.3, -0.25) is 0 Å². The number of nitrogens with zero attached hydrogens (tertiary/aromatic N) is 3. The molecule has 0 saturated carbocycles. The van der Waals surface area contributed by atoms with Gasteiger partial charge in [-0.2, -0.15) is 0 Å². The molecule has 0 rings (SSSR count). The van der Waals surface area contributed by atoms with Gasteiger partial charge in [0.1, 0.15) is 0 Å². The molecule has 0 unspecified atom stereocenters. The van der Waals surface area contributed by atoms with Crippen LogP contribution in [0.3, 0.4) is 0 Å². The van der Waals surface area contributed by atoms with Crippen molar-refractivity contribution < 1.29 is 19.3 Å². The molecule has 0 aromatic heterocycles. The molecule has 0 fully saturated rings. The molecular formula is C12H25N3O4. The van der Waals surface area contributed by atoms with E-state index in [1.165, 1.54) is 0 Å². The first kappa shape index (κ1) is 18.1. The zero-order valence-electron chi connectivity index (χ0n) is 12.4. The second-order valence-electron chi connectivity index (χ2n) is 4.97. The molecule has 7 heteroatoms. The number of rotatable bonds is 10. The standard InChI is InChI=1S/C12H25N3O4/c1-9(2)17-7-12(14-15-13,8-18-10(3)4)19-11(5)6-16/h9-11,16H,6-8H2,1-5H3/t11-/m0/s1. The molecule has 0 aliphatic heterocycles. The maximum absolute atomic E-state index is 9.08. The van der Waals surface area contributed by atoms with Gasteiger partial charge in [0.25, 0.3) is 0 Å². The van der Waals surface area contributed by atoms with Gasteiger partial charge in [-0.15, -0.1) is 0 Å². The third-order valence-electron chi connectivity index (χ3n) is 2.19. The molecule has 0 aliphatic carbocycles. The van der Waals surface area contributed by atoms with Crippen molar-refractivity contribution in [1.29, 1.82) is 0 Å². The first-order valence-electron chi connectivity index (χ1n) is 6.43. The van der Waals surface area contributed by atoms with Crippen LogP contribution in [0.2, 0.25) is 0 Å². The minimum atomic E-state index is -1.26. The van der Waals surface area contributed by atoms with E-state index in [-0.39, 0.29) is 32.0 Å². The van der Waals surface area contributed by atoms with Crippen molar-refractivity contribution in [1.82, 2.24) is 0 Å². The summed E-state index contributed by atoms with van der Waals surface area (Å²) >= 11 is 0. The lowest BCUT2D eigenvalue weighted by Gasteiger charge is -2.32. The average Bonchev–Trinajstić information content (AvgIpc) is 2.34. The Bertz CT molecular complexity index is 279. The third-order valence-corrected chi connectivity index (χ3v) is 2.19. The van der Waals surface area contributed by atoms with E-state index in [1.54, 1.807) is 6.92 Å². The highest BCUT2D eigenvalue weighted by molar-refractivity contribution is 4.80. The van der Waals surface area contributed by atoms with Gasteiger partial charge in [-0.05, 0) is 40.1 Å². The van der Waals surface area contributed by atoms with Crippen LogP contribution in [0.5, 0.6) is 0 Å². The van der Waals surface area contributed by atoms with Crippen molar-refractivity contribution >= 4 is 0 Å². The first-order valence-corrected chi connectivity index (χ1v) is 6.43. The van der Waals surface area contributed by atoms with Crippen molar-refractivity contribution in [2.24, 2.45) is 5.11 Å². The fourth-order valence-corrected chi connectivity index (χ4v) is 1.28. The Labute approximate surface area is 114 Å². The van der Waals surface area contributed by atoms with E-state index in [4.69, 9.17) is 24.8 Å². The van der Waals surface area contributed by atoms with Crippen LogP contribution >= 0.6 is 0 Å². The van der Waals surface area contributed by atoms with Gasteiger partial charge < -0.3 is 19.3 Å². The van der Waals surface area contributed by atoms with Gasteiger partial charge in [0.15, 0.2) is 5.72 Å².